The predicted octanol–water partition coefficient (Wildman–Crippen LogP) is 3.51. The van der Waals surface area contributed by atoms with E-state index in [1.165, 1.54) is 9.47 Å². The van der Waals surface area contributed by atoms with Gasteiger partial charge in [0.05, 0.1) is 0 Å². The van der Waals surface area contributed by atoms with E-state index in [9.17, 15) is 14.4 Å². The molecule has 1 amide bonds. The quantitative estimate of drug-likeness (QED) is 0.504. The lowest BCUT2D eigenvalue weighted by Crippen LogP contribution is -2.44. The van der Waals surface area contributed by atoms with E-state index in [2.05, 4.69) is 4.98 Å². The summed E-state index contributed by atoms with van der Waals surface area (Å²) in [6.07, 6.45) is 0. The van der Waals surface area contributed by atoms with Crippen LogP contribution in [0.3, 0.4) is 0 Å². The van der Waals surface area contributed by atoms with Gasteiger partial charge >= 0.3 is 5.69 Å². The third-order valence-electron chi connectivity index (χ3n) is 5.20. The van der Waals surface area contributed by atoms with Crippen LogP contribution in [0.5, 0.6) is 5.75 Å². The number of benzene rings is 2. The van der Waals surface area contributed by atoms with Crippen LogP contribution in [0.4, 0.5) is 11.5 Å². The fourth-order valence-corrected chi connectivity index (χ4v) is 3.73. The average Bonchev–Trinajstić information content (AvgIpc) is 2.80. The average molecular weight is 465 g/mol. The van der Waals surface area contributed by atoms with Crippen molar-refractivity contribution in [3.8, 4) is 16.9 Å². The number of rotatable bonds is 9. The number of amides is 1. The second kappa shape index (κ2) is 10.9. The molecule has 0 saturated carbocycles. The van der Waals surface area contributed by atoms with Crippen molar-refractivity contribution in [1.82, 2.24) is 9.55 Å². The Morgan fingerprint density at radius 2 is 1.65 bits per heavy atom. The van der Waals surface area contributed by atoms with Crippen molar-refractivity contribution in [2.75, 3.05) is 23.8 Å². The summed E-state index contributed by atoms with van der Waals surface area (Å²) in [4.78, 5) is 42.1. The van der Waals surface area contributed by atoms with E-state index in [1.54, 1.807) is 6.07 Å². The van der Waals surface area contributed by atoms with Crippen molar-refractivity contribution in [3.05, 3.63) is 75.4 Å². The first-order chi connectivity index (χ1) is 16.2. The van der Waals surface area contributed by atoms with Gasteiger partial charge in [0, 0.05) is 18.7 Å². The highest BCUT2D eigenvalue weighted by molar-refractivity contribution is 5.96. The number of aromatic amines is 1. The molecule has 0 aliphatic rings. The van der Waals surface area contributed by atoms with E-state index in [4.69, 9.17) is 10.5 Å². The minimum Gasteiger partial charge on any atom is -0.483 e. The molecule has 0 aliphatic carbocycles. The molecular formula is C26H32N4O4. The van der Waals surface area contributed by atoms with E-state index in [0.717, 1.165) is 11.1 Å². The standard InChI is InChI=1S/C26H32N4O4/c1-17(2)14-29(23-24(27)30(15-18(3)4)26(33)28-25(23)32)22(31)16-34-21-13-9-8-12-20(21)19-10-6-5-7-11-19/h5-13,17-18H,14-16,27H2,1-4H3,(H,28,32,33). The zero-order valence-corrected chi connectivity index (χ0v) is 20.1. The third-order valence-corrected chi connectivity index (χ3v) is 5.20. The predicted molar refractivity (Wildman–Crippen MR) is 135 cm³/mol. The van der Waals surface area contributed by atoms with Crippen LogP contribution >= 0.6 is 0 Å². The second-order valence-electron chi connectivity index (χ2n) is 9.05. The Morgan fingerprint density at radius 3 is 2.29 bits per heavy atom. The molecule has 3 aromatic rings. The van der Waals surface area contributed by atoms with Gasteiger partial charge in [-0.2, -0.15) is 0 Å². The number of H-pyrrole nitrogens is 1. The molecule has 8 heteroatoms. The maximum absolute atomic E-state index is 13.3. The number of carbonyl (C=O) groups excluding carboxylic acids is 1. The first-order valence-electron chi connectivity index (χ1n) is 11.4. The van der Waals surface area contributed by atoms with Gasteiger partial charge in [-0.1, -0.05) is 76.2 Å². The number of nitrogens with one attached hydrogen (secondary N) is 1. The molecule has 0 saturated heterocycles. The zero-order chi connectivity index (χ0) is 24.8. The largest absolute Gasteiger partial charge is 0.483 e. The number of aromatic nitrogens is 2. The molecule has 0 bridgehead atoms. The number of nitrogen functional groups attached to an aromatic ring is 1. The first kappa shape index (κ1) is 24.8. The molecular weight excluding hydrogens is 432 g/mol. The number of carbonyl (C=O) groups is 1. The van der Waals surface area contributed by atoms with Crippen LogP contribution in [0, 0.1) is 11.8 Å². The summed E-state index contributed by atoms with van der Waals surface area (Å²) in [5, 5.41) is 0. The summed E-state index contributed by atoms with van der Waals surface area (Å²) < 4.78 is 7.22. The summed E-state index contributed by atoms with van der Waals surface area (Å²) >= 11 is 0. The number of para-hydroxylation sites is 1. The van der Waals surface area contributed by atoms with Crippen LogP contribution in [0.25, 0.3) is 11.1 Å². The van der Waals surface area contributed by atoms with Crippen LogP contribution in [-0.2, 0) is 11.3 Å². The lowest BCUT2D eigenvalue weighted by molar-refractivity contribution is -0.120. The van der Waals surface area contributed by atoms with Crippen LogP contribution in [0.1, 0.15) is 27.7 Å². The Hall–Kier alpha value is -3.81. The molecule has 3 rings (SSSR count). The number of anilines is 2. The Kier molecular flexibility index (Phi) is 7.94. The summed E-state index contributed by atoms with van der Waals surface area (Å²) in [5.41, 5.74) is 6.77. The van der Waals surface area contributed by atoms with Gasteiger partial charge in [-0.3, -0.25) is 19.1 Å². The number of hydrogen-bond donors (Lipinski definition) is 2. The van der Waals surface area contributed by atoms with Crippen molar-refractivity contribution in [2.45, 2.75) is 34.2 Å². The minimum atomic E-state index is -0.693. The first-order valence-corrected chi connectivity index (χ1v) is 11.4. The van der Waals surface area contributed by atoms with Crippen molar-refractivity contribution in [3.63, 3.8) is 0 Å². The number of hydrogen-bond acceptors (Lipinski definition) is 5. The molecule has 0 fully saturated rings. The highest BCUT2D eigenvalue weighted by Gasteiger charge is 2.26. The minimum absolute atomic E-state index is 0.0267. The lowest BCUT2D eigenvalue weighted by Gasteiger charge is -2.26. The van der Waals surface area contributed by atoms with Crippen molar-refractivity contribution in [1.29, 1.82) is 0 Å². The smallest absolute Gasteiger partial charge is 0.330 e. The number of nitrogens with zero attached hydrogens (tertiary/aromatic N) is 2. The number of nitrogens with two attached hydrogens (primary N) is 1. The van der Waals surface area contributed by atoms with E-state index >= 15 is 0 Å². The molecule has 180 valence electrons. The zero-order valence-electron chi connectivity index (χ0n) is 20.1. The molecule has 2 aromatic carbocycles. The Balaban J connectivity index is 1.94. The fourth-order valence-electron chi connectivity index (χ4n) is 3.73. The van der Waals surface area contributed by atoms with E-state index < -0.39 is 17.2 Å². The topological polar surface area (TPSA) is 110 Å². The van der Waals surface area contributed by atoms with Crippen LogP contribution in [-0.4, -0.2) is 28.6 Å². The van der Waals surface area contributed by atoms with E-state index in [1.807, 2.05) is 76.2 Å². The van der Waals surface area contributed by atoms with Gasteiger partial charge in [0.15, 0.2) is 12.3 Å². The molecule has 0 unspecified atom stereocenters. The van der Waals surface area contributed by atoms with Gasteiger partial charge in [0.2, 0.25) is 0 Å². The van der Waals surface area contributed by atoms with Gasteiger partial charge in [-0.25, -0.2) is 4.79 Å². The molecule has 34 heavy (non-hydrogen) atoms. The highest BCUT2D eigenvalue weighted by Crippen LogP contribution is 2.29. The summed E-state index contributed by atoms with van der Waals surface area (Å²) in [6.45, 7) is 8.01. The highest BCUT2D eigenvalue weighted by atomic mass is 16.5. The molecule has 0 radical (unpaired) electrons. The van der Waals surface area contributed by atoms with Gasteiger partial charge in [0.25, 0.3) is 11.5 Å². The molecule has 1 heterocycles. The SMILES string of the molecule is CC(C)CN(C(=O)COc1ccccc1-c1ccccc1)c1c(N)n(CC(C)C)c(=O)[nH]c1=O. The third kappa shape index (κ3) is 5.75. The molecule has 1 aromatic heterocycles. The molecule has 3 N–H and O–H groups in total. The monoisotopic (exact) mass is 464 g/mol. The molecule has 8 nitrogen and oxygen atoms in total. The van der Waals surface area contributed by atoms with Gasteiger partial charge in [0.1, 0.15) is 11.6 Å². The maximum atomic E-state index is 13.3. The van der Waals surface area contributed by atoms with Crippen molar-refractivity contribution >= 4 is 17.4 Å². The van der Waals surface area contributed by atoms with Crippen LogP contribution in [0.15, 0.2) is 64.2 Å². The summed E-state index contributed by atoms with van der Waals surface area (Å²) in [6, 6.07) is 17.2. The molecule has 0 atom stereocenters. The summed E-state index contributed by atoms with van der Waals surface area (Å²) in [5.74, 6) is 0.263. The van der Waals surface area contributed by atoms with Gasteiger partial charge in [-0.15, -0.1) is 0 Å². The lowest BCUT2D eigenvalue weighted by atomic mass is 10.1. The second-order valence-corrected chi connectivity index (χ2v) is 9.05. The van der Waals surface area contributed by atoms with E-state index in [0.29, 0.717) is 12.3 Å². The van der Waals surface area contributed by atoms with Crippen LogP contribution in [0.2, 0.25) is 0 Å². The van der Waals surface area contributed by atoms with Crippen LogP contribution < -0.4 is 26.6 Å². The van der Waals surface area contributed by atoms with Gasteiger partial charge < -0.3 is 15.4 Å². The summed E-state index contributed by atoms with van der Waals surface area (Å²) in [7, 11) is 0. The van der Waals surface area contributed by atoms with Crippen molar-refractivity contribution < 1.29 is 9.53 Å². The van der Waals surface area contributed by atoms with Gasteiger partial charge in [-0.05, 0) is 23.5 Å². The fraction of sp³-hybridized carbons (Fsp3) is 0.346. The number of ether oxygens (including phenoxy) is 1. The molecule has 0 aliphatic heterocycles. The normalized spacial score (nSPS) is 11.1. The molecule has 0 spiro atoms. The van der Waals surface area contributed by atoms with E-state index in [-0.39, 0.29) is 36.5 Å². The Morgan fingerprint density at radius 1 is 1.00 bits per heavy atom. The Labute approximate surface area is 199 Å². The van der Waals surface area contributed by atoms with Crippen molar-refractivity contribution in [2.24, 2.45) is 11.8 Å². The maximum Gasteiger partial charge on any atom is 0.330 e. The Bertz CT molecular complexity index is 1250.